The van der Waals surface area contributed by atoms with Crippen LogP contribution in [0.2, 0.25) is 0 Å². The van der Waals surface area contributed by atoms with Crippen molar-refractivity contribution in [1.82, 2.24) is 5.32 Å². The summed E-state index contributed by atoms with van der Waals surface area (Å²) in [4.78, 5) is 0. The molecule has 0 aliphatic heterocycles. The molecule has 2 aliphatic carbocycles. The third kappa shape index (κ3) is 1.56. The molecule has 1 N–H and O–H groups in total. The van der Waals surface area contributed by atoms with Crippen LogP contribution < -0.4 is 5.32 Å². The summed E-state index contributed by atoms with van der Waals surface area (Å²) < 4.78 is 0. The van der Waals surface area contributed by atoms with Gasteiger partial charge in [-0.2, -0.15) is 0 Å². The Labute approximate surface area is 75.2 Å². The van der Waals surface area contributed by atoms with Crippen LogP contribution in [0.15, 0.2) is 12.7 Å². The maximum Gasteiger partial charge on any atom is 0.00981 e. The topological polar surface area (TPSA) is 12.0 Å². The molecule has 0 saturated heterocycles. The molecule has 0 aromatic rings. The van der Waals surface area contributed by atoms with E-state index >= 15 is 0 Å². The number of rotatable bonds is 4. The Morgan fingerprint density at radius 1 is 1.33 bits per heavy atom. The zero-order chi connectivity index (χ0) is 8.39. The van der Waals surface area contributed by atoms with Gasteiger partial charge < -0.3 is 5.32 Å². The highest BCUT2D eigenvalue weighted by atomic mass is 14.9. The first-order valence-corrected chi connectivity index (χ1v) is 5.24. The molecule has 2 fully saturated rings. The fourth-order valence-corrected chi connectivity index (χ4v) is 2.87. The van der Waals surface area contributed by atoms with Crippen LogP contribution in [0.3, 0.4) is 0 Å². The van der Waals surface area contributed by atoms with Gasteiger partial charge in [0.25, 0.3) is 0 Å². The van der Waals surface area contributed by atoms with E-state index in [1.165, 1.54) is 25.7 Å². The van der Waals surface area contributed by atoms with Crippen LogP contribution in [-0.4, -0.2) is 12.6 Å². The third-order valence-corrected chi connectivity index (χ3v) is 3.49. The van der Waals surface area contributed by atoms with Crippen molar-refractivity contribution >= 4 is 0 Å². The molecule has 12 heavy (non-hydrogen) atoms. The highest BCUT2D eigenvalue weighted by molar-refractivity contribution is 4.94. The van der Waals surface area contributed by atoms with E-state index < -0.39 is 0 Å². The van der Waals surface area contributed by atoms with Gasteiger partial charge in [-0.25, -0.2) is 0 Å². The number of hydrogen-bond donors (Lipinski definition) is 1. The summed E-state index contributed by atoms with van der Waals surface area (Å²) >= 11 is 0. The van der Waals surface area contributed by atoms with Crippen LogP contribution in [0.4, 0.5) is 0 Å². The van der Waals surface area contributed by atoms with Gasteiger partial charge in [0.15, 0.2) is 0 Å². The van der Waals surface area contributed by atoms with Crippen molar-refractivity contribution in [2.75, 3.05) is 6.54 Å². The van der Waals surface area contributed by atoms with Crippen molar-refractivity contribution in [2.24, 2.45) is 11.8 Å². The Morgan fingerprint density at radius 2 is 2.25 bits per heavy atom. The molecule has 0 radical (unpaired) electrons. The number of nitrogens with one attached hydrogen (secondary N) is 1. The fraction of sp³-hybridized carbons (Fsp3) is 0.818. The van der Waals surface area contributed by atoms with Gasteiger partial charge in [-0.1, -0.05) is 12.5 Å². The summed E-state index contributed by atoms with van der Waals surface area (Å²) in [6.45, 7) is 4.87. The van der Waals surface area contributed by atoms with E-state index in [0.29, 0.717) is 0 Å². The van der Waals surface area contributed by atoms with Gasteiger partial charge in [0.05, 0.1) is 0 Å². The summed E-state index contributed by atoms with van der Waals surface area (Å²) in [5.41, 5.74) is 0. The molecule has 68 valence electrons. The Balaban J connectivity index is 1.72. The zero-order valence-electron chi connectivity index (χ0n) is 7.76. The van der Waals surface area contributed by atoms with Crippen molar-refractivity contribution in [1.29, 1.82) is 0 Å². The fourth-order valence-electron chi connectivity index (χ4n) is 2.87. The smallest absolute Gasteiger partial charge is 0.00981 e. The molecule has 3 atom stereocenters. The first-order chi connectivity index (χ1) is 5.90. The monoisotopic (exact) mass is 165 g/mol. The average Bonchev–Trinajstić information content (AvgIpc) is 2.65. The standard InChI is InChI=1S/C11H19N/c1-2-3-6-12-11-8-9-4-5-10(11)7-9/h2,9-12H,1,3-8H2. The maximum atomic E-state index is 3.73. The van der Waals surface area contributed by atoms with Crippen molar-refractivity contribution in [3.8, 4) is 0 Å². The number of fused-ring (bicyclic) bond motifs is 2. The lowest BCUT2D eigenvalue weighted by atomic mass is 9.95. The summed E-state index contributed by atoms with van der Waals surface area (Å²) in [6.07, 6.45) is 9.06. The van der Waals surface area contributed by atoms with Crippen molar-refractivity contribution in [3.63, 3.8) is 0 Å². The first-order valence-electron chi connectivity index (χ1n) is 5.24. The van der Waals surface area contributed by atoms with E-state index in [-0.39, 0.29) is 0 Å². The van der Waals surface area contributed by atoms with E-state index in [2.05, 4.69) is 11.9 Å². The Kier molecular flexibility index (Phi) is 2.50. The quantitative estimate of drug-likeness (QED) is 0.498. The minimum Gasteiger partial charge on any atom is -0.313 e. The highest BCUT2D eigenvalue weighted by Crippen LogP contribution is 2.44. The molecular formula is C11H19N. The predicted molar refractivity (Wildman–Crippen MR) is 52.1 cm³/mol. The normalized spacial score (nSPS) is 38.8. The average molecular weight is 165 g/mol. The van der Waals surface area contributed by atoms with Gasteiger partial charge in [0, 0.05) is 6.04 Å². The van der Waals surface area contributed by atoms with Gasteiger partial charge in [0.1, 0.15) is 0 Å². The van der Waals surface area contributed by atoms with Gasteiger partial charge in [-0.05, 0) is 44.1 Å². The molecule has 0 heterocycles. The largest absolute Gasteiger partial charge is 0.313 e. The van der Waals surface area contributed by atoms with Crippen LogP contribution in [0.5, 0.6) is 0 Å². The lowest BCUT2D eigenvalue weighted by Crippen LogP contribution is -2.34. The second-order valence-corrected chi connectivity index (χ2v) is 4.31. The molecule has 1 nitrogen and oxygen atoms in total. The van der Waals surface area contributed by atoms with E-state index in [0.717, 1.165) is 30.8 Å². The molecular weight excluding hydrogens is 146 g/mol. The van der Waals surface area contributed by atoms with Crippen molar-refractivity contribution in [3.05, 3.63) is 12.7 Å². The van der Waals surface area contributed by atoms with Crippen molar-refractivity contribution in [2.45, 2.75) is 38.1 Å². The van der Waals surface area contributed by atoms with Gasteiger partial charge in [-0.15, -0.1) is 6.58 Å². The lowest BCUT2D eigenvalue weighted by molar-refractivity contribution is 0.355. The van der Waals surface area contributed by atoms with E-state index in [1.807, 2.05) is 6.08 Å². The zero-order valence-corrected chi connectivity index (χ0v) is 7.76. The molecule has 1 heteroatoms. The summed E-state index contributed by atoms with van der Waals surface area (Å²) in [5.74, 6) is 2.08. The summed E-state index contributed by atoms with van der Waals surface area (Å²) in [5, 5.41) is 3.64. The van der Waals surface area contributed by atoms with Crippen molar-refractivity contribution < 1.29 is 0 Å². The molecule has 3 unspecified atom stereocenters. The molecule has 2 saturated carbocycles. The molecule has 2 rings (SSSR count). The molecule has 0 aromatic carbocycles. The molecule has 0 amide bonds. The second kappa shape index (κ2) is 3.61. The minimum atomic E-state index is 0.851. The van der Waals surface area contributed by atoms with Crippen LogP contribution >= 0.6 is 0 Å². The van der Waals surface area contributed by atoms with E-state index in [4.69, 9.17) is 0 Å². The lowest BCUT2D eigenvalue weighted by Gasteiger charge is -2.22. The molecule has 0 aromatic heterocycles. The van der Waals surface area contributed by atoms with Gasteiger partial charge in [0.2, 0.25) is 0 Å². The second-order valence-electron chi connectivity index (χ2n) is 4.31. The Bertz CT molecular complexity index is 164. The maximum absolute atomic E-state index is 3.73. The summed E-state index contributed by atoms with van der Waals surface area (Å²) in [6, 6.07) is 0.851. The van der Waals surface area contributed by atoms with Gasteiger partial charge in [-0.3, -0.25) is 0 Å². The molecule has 2 bridgehead atoms. The van der Waals surface area contributed by atoms with Crippen LogP contribution in [0, 0.1) is 11.8 Å². The first kappa shape index (κ1) is 8.31. The Morgan fingerprint density at radius 3 is 2.83 bits per heavy atom. The SMILES string of the molecule is C=CCCNC1CC2CCC1C2. The predicted octanol–water partition coefficient (Wildman–Crippen LogP) is 2.34. The van der Waals surface area contributed by atoms with E-state index in [1.54, 1.807) is 0 Å². The van der Waals surface area contributed by atoms with Crippen LogP contribution in [0.1, 0.15) is 32.1 Å². The summed E-state index contributed by atoms with van der Waals surface area (Å²) in [7, 11) is 0. The van der Waals surface area contributed by atoms with Crippen LogP contribution in [0.25, 0.3) is 0 Å². The van der Waals surface area contributed by atoms with Crippen LogP contribution in [-0.2, 0) is 0 Å². The van der Waals surface area contributed by atoms with Gasteiger partial charge >= 0.3 is 0 Å². The van der Waals surface area contributed by atoms with E-state index in [9.17, 15) is 0 Å². The number of hydrogen-bond acceptors (Lipinski definition) is 1. The minimum absolute atomic E-state index is 0.851. The third-order valence-electron chi connectivity index (χ3n) is 3.49. The highest BCUT2D eigenvalue weighted by Gasteiger charge is 2.38. The molecule has 0 spiro atoms. The Hall–Kier alpha value is -0.300. The molecule has 2 aliphatic rings.